The maximum absolute atomic E-state index is 13.3. The summed E-state index contributed by atoms with van der Waals surface area (Å²) >= 11 is 0. The summed E-state index contributed by atoms with van der Waals surface area (Å²) in [6.45, 7) is 4.24. The van der Waals surface area contributed by atoms with Gasteiger partial charge < -0.3 is 15.5 Å². The Morgan fingerprint density at radius 2 is 2.12 bits per heavy atom. The van der Waals surface area contributed by atoms with E-state index in [4.69, 9.17) is 10.5 Å². The average molecular weight is 230 g/mol. The number of rotatable bonds is 1. The van der Waals surface area contributed by atoms with Crippen LogP contribution in [0.5, 0.6) is 5.75 Å². The first-order valence-corrected chi connectivity index (χ1v) is 5.28. The maximum atomic E-state index is 13.3. The van der Waals surface area contributed by atoms with Gasteiger partial charge in [0, 0.05) is 23.4 Å². The molecule has 0 unspecified atom stereocenters. The SMILES string of the molecule is C=C1Oc2ccc(F)cc2-c2[nH]c(CN)cc21. The molecular formula is C13H11FN2O. The molecule has 2 heterocycles. The number of halogens is 1. The van der Waals surface area contributed by atoms with Crippen molar-refractivity contribution in [1.29, 1.82) is 0 Å². The Hall–Kier alpha value is -2.07. The Labute approximate surface area is 97.7 Å². The first kappa shape index (κ1) is 10.1. The van der Waals surface area contributed by atoms with Crippen LogP contribution < -0.4 is 10.5 Å². The van der Waals surface area contributed by atoms with E-state index >= 15 is 0 Å². The maximum Gasteiger partial charge on any atom is 0.136 e. The van der Waals surface area contributed by atoms with Crippen LogP contribution in [0.3, 0.4) is 0 Å². The summed E-state index contributed by atoms with van der Waals surface area (Å²) in [6, 6.07) is 6.29. The Bertz CT molecular complexity index is 616. The second kappa shape index (κ2) is 3.46. The van der Waals surface area contributed by atoms with E-state index < -0.39 is 0 Å². The minimum atomic E-state index is -0.297. The molecule has 0 saturated heterocycles. The van der Waals surface area contributed by atoms with Crippen LogP contribution in [0.1, 0.15) is 11.3 Å². The molecule has 17 heavy (non-hydrogen) atoms. The minimum absolute atomic E-state index is 0.297. The normalized spacial score (nSPS) is 12.9. The summed E-state index contributed by atoms with van der Waals surface area (Å²) in [5.74, 6) is 0.860. The van der Waals surface area contributed by atoms with Crippen LogP contribution >= 0.6 is 0 Å². The predicted molar refractivity (Wildman–Crippen MR) is 63.7 cm³/mol. The zero-order valence-electron chi connectivity index (χ0n) is 9.09. The molecular weight excluding hydrogens is 219 g/mol. The number of nitrogens with one attached hydrogen (secondary N) is 1. The first-order chi connectivity index (χ1) is 8.19. The van der Waals surface area contributed by atoms with E-state index in [1.54, 1.807) is 6.07 Å². The molecule has 3 N–H and O–H groups in total. The standard InChI is InChI=1S/C13H11FN2O/c1-7-10-5-9(6-15)16-13(10)11-4-8(14)2-3-12(11)17-7/h2-5,16H,1,6,15H2. The number of H-pyrrole nitrogens is 1. The van der Waals surface area contributed by atoms with Gasteiger partial charge in [0.15, 0.2) is 0 Å². The van der Waals surface area contributed by atoms with E-state index in [2.05, 4.69) is 11.6 Å². The summed E-state index contributed by atoms with van der Waals surface area (Å²) in [5.41, 5.74) is 8.81. The number of hydrogen-bond donors (Lipinski definition) is 2. The van der Waals surface area contributed by atoms with Crippen LogP contribution in [0.25, 0.3) is 17.0 Å². The van der Waals surface area contributed by atoms with Gasteiger partial charge in [-0.15, -0.1) is 0 Å². The highest BCUT2D eigenvalue weighted by atomic mass is 19.1. The van der Waals surface area contributed by atoms with Gasteiger partial charge in [-0.2, -0.15) is 0 Å². The van der Waals surface area contributed by atoms with Crippen molar-refractivity contribution in [1.82, 2.24) is 4.98 Å². The molecule has 0 bridgehead atoms. The van der Waals surface area contributed by atoms with Gasteiger partial charge in [0.2, 0.25) is 0 Å². The van der Waals surface area contributed by atoms with Crippen molar-refractivity contribution in [3.8, 4) is 17.0 Å². The molecule has 1 aliphatic heterocycles. The molecule has 1 aromatic heterocycles. The minimum Gasteiger partial charge on any atom is -0.457 e. The zero-order chi connectivity index (χ0) is 12.0. The summed E-state index contributed by atoms with van der Waals surface area (Å²) in [5, 5.41) is 0. The number of hydrogen-bond acceptors (Lipinski definition) is 2. The van der Waals surface area contributed by atoms with Crippen molar-refractivity contribution in [2.45, 2.75) is 6.54 Å². The van der Waals surface area contributed by atoms with Crippen molar-refractivity contribution >= 4 is 5.76 Å². The van der Waals surface area contributed by atoms with Crippen molar-refractivity contribution in [2.75, 3.05) is 0 Å². The van der Waals surface area contributed by atoms with E-state index in [9.17, 15) is 4.39 Å². The Morgan fingerprint density at radius 1 is 1.29 bits per heavy atom. The second-order valence-corrected chi connectivity index (χ2v) is 3.95. The van der Waals surface area contributed by atoms with Crippen LogP contribution in [-0.4, -0.2) is 4.98 Å². The van der Waals surface area contributed by atoms with E-state index in [0.717, 1.165) is 17.0 Å². The van der Waals surface area contributed by atoms with Gasteiger partial charge in [0.25, 0.3) is 0 Å². The molecule has 0 amide bonds. The van der Waals surface area contributed by atoms with Crippen LogP contribution in [-0.2, 0) is 6.54 Å². The Kier molecular flexibility index (Phi) is 2.06. The quantitative estimate of drug-likeness (QED) is 0.791. The number of aromatic nitrogens is 1. The monoisotopic (exact) mass is 230 g/mol. The lowest BCUT2D eigenvalue weighted by Gasteiger charge is -2.18. The fraction of sp³-hybridized carbons (Fsp3) is 0.0769. The van der Waals surface area contributed by atoms with Crippen LogP contribution in [0.2, 0.25) is 0 Å². The third-order valence-electron chi connectivity index (χ3n) is 2.84. The van der Waals surface area contributed by atoms with Gasteiger partial charge in [0.05, 0.1) is 5.69 Å². The number of fused-ring (bicyclic) bond motifs is 3. The summed E-state index contributed by atoms with van der Waals surface area (Å²) in [6.07, 6.45) is 0. The molecule has 1 aliphatic rings. The lowest BCUT2D eigenvalue weighted by molar-refractivity contribution is 0.510. The highest BCUT2D eigenvalue weighted by Gasteiger charge is 2.23. The second-order valence-electron chi connectivity index (χ2n) is 3.95. The summed E-state index contributed by atoms with van der Waals surface area (Å²) < 4.78 is 18.8. The average Bonchev–Trinajstić information content (AvgIpc) is 2.75. The highest BCUT2D eigenvalue weighted by molar-refractivity contribution is 5.84. The predicted octanol–water partition coefficient (Wildman–Crippen LogP) is 2.64. The van der Waals surface area contributed by atoms with Gasteiger partial charge in [-0.3, -0.25) is 0 Å². The smallest absolute Gasteiger partial charge is 0.136 e. The molecule has 1 aromatic carbocycles. The van der Waals surface area contributed by atoms with Gasteiger partial charge in [0.1, 0.15) is 17.3 Å². The number of ether oxygens (including phenoxy) is 1. The van der Waals surface area contributed by atoms with Crippen LogP contribution in [0, 0.1) is 5.82 Å². The molecule has 86 valence electrons. The number of benzene rings is 1. The molecule has 3 nitrogen and oxygen atoms in total. The molecule has 4 heteroatoms. The van der Waals surface area contributed by atoms with Crippen LogP contribution in [0.15, 0.2) is 30.8 Å². The number of aromatic amines is 1. The van der Waals surface area contributed by atoms with E-state index in [1.807, 2.05) is 6.07 Å². The molecule has 2 aromatic rings. The molecule has 0 spiro atoms. The fourth-order valence-corrected chi connectivity index (χ4v) is 2.03. The highest BCUT2D eigenvalue weighted by Crippen LogP contribution is 2.41. The Morgan fingerprint density at radius 3 is 2.88 bits per heavy atom. The molecule has 3 rings (SSSR count). The van der Waals surface area contributed by atoms with Crippen molar-refractivity contribution in [3.05, 3.63) is 47.9 Å². The topological polar surface area (TPSA) is 51.0 Å². The van der Waals surface area contributed by atoms with Gasteiger partial charge >= 0.3 is 0 Å². The Balaban J connectivity index is 2.27. The van der Waals surface area contributed by atoms with Crippen molar-refractivity contribution in [3.63, 3.8) is 0 Å². The van der Waals surface area contributed by atoms with E-state index in [1.165, 1.54) is 12.1 Å². The van der Waals surface area contributed by atoms with E-state index in [-0.39, 0.29) is 5.82 Å². The largest absolute Gasteiger partial charge is 0.457 e. The third kappa shape index (κ3) is 1.45. The lowest BCUT2D eigenvalue weighted by atomic mass is 10.0. The summed E-state index contributed by atoms with van der Waals surface area (Å²) in [4.78, 5) is 3.16. The van der Waals surface area contributed by atoms with Gasteiger partial charge in [-0.25, -0.2) is 4.39 Å². The van der Waals surface area contributed by atoms with E-state index in [0.29, 0.717) is 23.6 Å². The molecule has 0 fully saturated rings. The summed E-state index contributed by atoms with van der Waals surface area (Å²) in [7, 11) is 0. The lowest BCUT2D eigenvalue weighted by Crippen LogP contribution is -2.02. The van der Waals surface area contributed by atoms with Crippen LogP contribution in [0.4, 0.5) is 4.39 Å². The van der Waals surface area contributed by atoms with Crippen molar-refractivity contribution in [2.24, 2.45) is 5.73 Å². The first-order valence-electron chi connectivity index (χ1n) is 5.28. The third-order valence-corrected chi connectivity index (χ3v) is 2.84. The molecule has 0 aliphatic carbocycles. The number of nitrogens with two attached hydrogens (primary N) is 1. The molecule has 0 atom stereocenters. The zero-order valence-corrected chi connectivity index (χ0v) is 9.09. The van der Waals surface area contributed by atoms with Gasteiger partial charge in [-0.05, 0) is 24.3 Å². The molecule has 0 saturated carbocycles. The van der Waals surface area contributed by atoms with Crippen molar-refractivity contribution < 1.29 is 9.13 Å². The fourth-order valence-electron chi connectivity index (χ4n) is 2.03. The molecule has 0 radical (unpaired) electrons. The van der Waals surface area contributed by atoms with Gasteiger partial charge in [-0.1, -0.05) is 6.58 Å².